The molecule has 0 saturated heterocycles. The Kier molecular flexibility index (Phi) is 5.94. The van der Waals surface area contributed by atoms with Crippen molar-refractivity contribution in [2.75, 3.05) is 5.32 Å². The minimum Gasteiger partial charge on any atom is -0.489 e. The minimum atomic E-state index is -1.08. The van der Waals surface area contributed by atoms with E-state index in [9.17, 15) is 9.18 Å². The van der Waals surface area contributed by atoms with Crippen LogP contribution in [0.2, 0.25) is 5.02 Å². The summed E-state index contributed by atoms with van der Waals surface area (Å²) in [5.74, 6) is -0.751. The summed E-state index contributed by atoms with van der Waals surface area (Å²) in [5, 5.41) is 12.5. The molecule has 27 heavy (non-hydrogen) atoms. The molecule has 0 saturated carbocycles. The maximum absolute atomic E-state index is 13.7. The van der Waals surface area contributed by atoms with E-state index in [0.29, 0.717) is 23.5 Å². The first-order valence-electron chi connectivity index (χ1n) is 8.25. The smallest absolute Gasteiger partial charge is 0.337 e. The zero-order chi connectivity index (χ0) is 19.2. The summed E-state index contributed by atoms with van der Waals surface area (Å²) in [6.45, 7) is 0.611. The van der Waals surface area contributed by atoms with Gasteiger partial charge in [-0.1, -0.05) is 41.9 Å². The van der Waals surface area contributed by atoms with Crippen molar-refractivity contribution in [3.8, 4) is 5.75 Å². The van der Waals surface area contributed by atoms with E-state index in [1.165, 1.54) is 12.1 Å². The van der Waals surface area contributed by atoms with E-state index in [1.54, 1.807) is 36.4 Å². The molecule has 0 unspecified atom stereocenters. The molecule has 0 aromatic heterocycles. The standard InChI is InChI=1S/C21H17ClFNO3/c22-19-9-8-16(11-18(19)21(25)26)24-12-14-4-3-6-17(10-14)27-13-15-5-1-2-7-20(15)23/h1-11,24H,12-13H2,(H,25,26). The maximum atomic E-state index is 13.7. The van der Waals surface area contributed by atoms with Crippen LogP contribution in [-0.2, 0) is 13.2 Å². The molecule has 0 aliphatic carbocycles. The Morgan fingerprint density at radius 2 is 1.89 bits per heavy atom. The Morgan fingerprint density at radius 3 is 2.67 bits per heavy atom. The Morgan fingerprint density at radius 1 is 1.07 bits per heavy atom. The molecular formula is C21H17ClFNO3. The lowest BCUT2D eigenvalue weighted by Gasteiger charge is -2.11. The van der Waals surface area contributed by atoms with E-state index in [1.807, 2.05) is 18.2 Å². The van der Waals surface area contributed by atoms with Gasteiger partial charge in [0.25, 0.3) is 0 Å². The van der Waals surface area contributed by atoms with Crippen LogP contribution in [0.25, 0.3) is 0 Å². The molecule has 0 radical (unpaired) electrons. The van der Waals surface area contributed by atoms with E-state index < -0.39 is 5.97 Å². The van der Waals surface area contributed by atoms with E-state index in [-0.39, 0.29) is 23.0 Å². The molecule has 0 fully saturated rings. The fourth-order valence-electron chi connectivity index (χ4n) is 2.53. The van der Waals surface area contributed by atoms with Crippen LogP contribution in [0.3, 0.4) is 0 Å². The number of hydrogen-bond donors (Lipinski definition) is 2. The molecule has 3 rings (SSSR count). The van der Waals surface area contributed by atoms with Gasteiger partial charge in [-0.2, -0.15) is 0 Å². The van der Waals surface area contributed by atoms with Crippen LogP contribution in [-0.4, -0.2) is 11.1 Å². The van der Waals surface area contributed by atoms with Gasteiger partial charge in [0.05, 0.1) is 10.6 Å². The van der Waals surface area contributed by atoms with Gasteiger partial charge >= 0.3 is 5.97 Å². The number of hydrogen-bond acceptors (Lipinski definition) is 3. The first kappa shape index (κ1) is 18.7. The van der Waals surface area contributed by atoms with Crippen LogP contribution in [0, 0.1) is 5.82 Å². The van der Waals surface area contributed by atoms with Gasteiger partial charge in [0.15, 0.2) is 0 Å². The summed E-state index contributed by atoms with van der Waals surface area (Å²) in [5.41, 5.74) is 2.12. The highest BCUT2D eigenvalue weighted by Crippen LogP contribution is 2.22. The number of carbonyl (C=O) groups is 1. The van der Waals surface area contributed by atoms with Crippen molar-refractivity contribution >= 4 is 23.3 Å². The Labute approximate surface area is 161 Å². The number of ether oxygens (including phenoxy) is 1. The molecule has 138 valence electrons. The molecule has 4 nitrogen and oxygen atoms in total. The number of aromatic carboxylic acids is 1. The van der Waals surface area contributed by atoms with Gasteiger partial charge in [-0.15, -0.1) is 0 Å². The Balaban J connectivity index is 1.63. The van der Waals surface area contributed by atoms with Crippen LogP contribution >= 0.6 is 11.6 Å². The average molecular weight is 386 g/mol. The third-order valence-corrected chi connectivity index (χ3v) is 4.27. The predicted octanol–water partition coefficient (Wildman–Crippen LogP) is 5.37. The number of carboxylic acid groups (broad SMARTS) is 1. The monoisotopic (exact) mass is 385 g/mol. The zero-order valence-electron chi connectivity index (χ0n) is 14.3. The normalized spacial score (nSPS) is 10.4. The first-order valence-corrected chi connectivity index (χ1v) is 8.62. The quantitative estimate of drug-likeness (QED) is 0.574. The summed E-state index contributed by atoms with van der Waals surface area (Å²) in [6.07, 6.45) is 0. The van der Waals surface area contributed by atoms with Crippen molar-refractivity contribution in [2.24, 2.45) is 0 Å². The molecule has 0 amide bonds. The van der Waals surface area contributed by atoms with E-state index >= 15 is 0 Å². The maximum Gasteiger partial charge on any atom is 0.337 e. The van der Waals surface area contributed by atoms with Crippen LogP contribution in [0.5, 0.6) is 5.75 Å². The summed E-state index contributed by atoms with van der Waals surface area (Å²) in [4.78, 5) is 11.2. The van der Waals surface area contributed by atoms with Gasteiger partial charge < -0.3 is 15.2 Å². The fourth-order valence-corrected chi connectivity index (χ4v) is 2.72. The zero-order valence-corrected chi connectivity index (χ0v) is 15.0. The molecule has 0 aliphatic heterocycles. The van der Waals surface area contributed by atoms with E-state index in [2.05, 4.69) is 5.32 Å². The molecule has 0 bridgehead atoms. The average Bonchev–Trinajstić information content (AvgIpc) is 2.67. The van der Waals surface area contributed by atoms with Crippen LogP contribution in [0.15, 0.2) is 66.7 Å². The fraction of sp³-hybridized carbons (Fsp3) is 0.0952. The molecule has 0 aliphatic rings. The van der Waals surface area contributed by atoms with Crippen molar-refractivity contribution < 1.29 is 19.0 Å². The second-order valence-corrected chi connectivity index (χ2v) is 6.29. The number of rotatable bonds is 7. The summed E-state index contributed by atoms with van der Waals surface area (Å²) >= 11 is 5.87. The van der Waals surface area contributed by atoms with Crippen molar-refractivity contribution in [1.82, 2.24) is 0 Å². The Hall–Kier alpha value is -3.05. The highest BCUT2D eigenvalue weighted by atomic mass is 35.5. The summed E-state index contributed by atoms with van der Waals surface area (Å²) < 4.78 is 19.3. The van der Waals surface area contributed by atoms with Crippen LogP contribution < -0.4 is 10.1 Å². The SMILES string of the molecule is O=C(O)c1cc(NCc2cccc(OCc3ccccc3F)c2)ccc1Cl. The van der Waals surface area contributed by atoms with Gasteiger partial charge in [-0.25, -0.2) is 9.18 Å². The van der Waals surface area contributed by atoms with Gasteiger partial charge in [0.1, 0.15) is 18.2 Å². The highest BCUT2D eigenvalue weighted by Gasteiger charge is 2.09. The second kappa shape index (κ2) is 8.56. The van der Waals surface area contributed by atoms with Crippen LogP contribution in [0.4, 0.5) is 10.1 Å². The minimum absolute atomic E-state index is 0.0450. The third kappa shape index (κ3) is 4.99. The molecule has 3 aromatic carbocycles. The number of benzene rings is 3. The molecule has 0 heterocycles. The predicted molar refractivity (Wildman–Crippen MR) is 103 cm³/mol. The highest BCUT2D eigenvalue weighted by molar-refractivity contribution is 6.33. The first-order chi connectivity index (χ1) is 13.0. The van der Waals surface area contributed by atoms with E-state index in [4.69, 9.17) is 21.4 Å². The lowest BCUT2D eigenvalue weighted by molar-refractivity contribution is 0.0697. The lowest BCUT2D eigenvalue weighted by Crippen LogP contribution is -2.03. The van der Waals surface area contributed by atoms with Gasteiger partial charge in [0.2, 0.25) is 0 Å². The molecule has 0 spiro atoms. The van der Waals surface area contributed by atoms with Gasteiger partial charge in [-0.05, 0) is 42.0 Å². The van der Waals surface area contributed by atoms with Crippen molar-refractivity contribution in [1.29, 1.82) is 0 Å². The van der Waals surface area contributed by atoms with Crippen molar-refractivity contribution in [2.45, 2.75) is 13.2 Å². The van der Waals surface area contributed by atoms with Gasteiger partial charge in [-0.3, -0.25) is 0 Å². The number of nitrogens with one attached hydrogen (secondary N) is 1. The van der Waals surface area contributed by atoms with Gasteiger partial charge in [0, 0.05) is 17.8 Å². The van der Waals surface area contributed by atoms with E-state index in [0.717, 1.165) is 5.56 Å². The van der Waals surface area contributed by atoms with Crippen LogP contribution in [0.1, 0.15) is 21.5 Å². The van der Waals surface area contributed by atoms with Crippen molar-refractivity contribution in [3.63, 3.8) is 0 Å². The number of halogens is 2. The molecule has 6 heteroatoms. The number of carboxylic acids is 1. The Bertz CT molecular complexity index is 962. The molecule has 2 N–H and O–H groups in total. The molecule has 3 aromatic rings. The summed E-state index contributed by atoms with van der Waals surface area (Å²) in [6, 6.07) is 18.6. The summed E-state index contributed by atoms with van der Waals surface area (Å²) in [7, 11) is 0. The molecule has 0 atom stereocenters. The molecular weight excluding hydrogens is 369 g/mol. The lowest BCUT2D eigenvalue weighted by atomic mass is 10.1. The largest absolute Gasteiger partial charge is 0.489 e. The number of anilines is 1. The third-order valence-electron chi connectivity index (χ3n) is 3.94. The second-order valence-electron chi connectivity index (χ2n) is 5.88. The topological polar surface area (TPSA) is 58.6 Å². The van der Waals surface area contributed by atoms with Crippen molar-refractivity contribution in [3.05, 3.63) is 94.3 Å².